The van der Waals surface area contributed by atoms with E-state index in [9.17, 15) is 12.8 Å². The Bertz CT molecular complexity index is 652. The van der Waals surface area contributed by atoms with Crippen molar-refractivity contribution in [3.63, 3.8) is 0 Å². The molecule has 0 amide bonds. The summed E-state index contributed by atoms with van der Waals surface area (Å²) in [6.45, 7) is 4.85. The molecule has 0 saturated carbocycles. The second-order valence-corrected chi connectivity index (χ2v) is 8.52. The van der Waals surface area contributed by atoms with Crippen LogP contribution in [0.5, 0.6) is 5.75 Å². The Labute approximate surface area is 130 Å². The second kappa shape index (κ2) is 7.15. The molecule has 0 radical (unpaired) electrons. The highest BCUT2D eigenvalue weighted by molar-refractivity contribution is 7.92. The highest BCUT2D eigenvalue weighted by atomic mass is 35.5. The lowest BCUT2D eigenvalue weighted by atomic mass is 10.2. The maximum Gasteiger partial charge on any atom is 0.158 e. The van der Waals surface area contributed by atoms with Crippen molar-refractivity contribution in [2.75, 3.05) is 18.2 Å². The number of alkyl halides is 1. The largest absolute Gasteiger partial charge is 0.492 e. The molecule has 6 heteroatoms. The van der Waals surface area contributed by atoms with Crippen LogP contribution in [0.2, 0.25) is 0 Å². The first-order chi connectivity index (χ1) is 9.65. The normalized spacial score (nSPS) is 11.7. The zero-order valence-electron chi connectivity index (χ0n) is 12.2. The fourth-order valence-corrected chi connectivity index (χ4v) is 2.41. The van der Waals surface area contributed by atoms with E-state index in [1.807, 2.05) is 0 Å². The summed E-state index contributed by atoms with van der Waals surface area (Å²) < 4.78 is 41.7. The van der Waals surface area contributed by atoms with Gasteiger partial charge in [0, 0.05) is 11.6 Å². The third kappa shape index (κ3) is 5.56. The molecule has 0 atom stereocenters. The van der Waals surface area contributed by atoms with Crippen molar-refractivity contribution in [1.29, 1.82) is 0 Å². The molecule has 0 aliphatic heterocycles. The number of rotatable bonds is 4. The maximum atomic E-state index is 13.4. The molecule has 0 fully saturated rings. The molecule has 0 saturated heterocycles. The molecule has 0 spiro atoms. The summed E-state index contributed by atoms with van der Waals surface area (Å²) in [6, 6.07) is 4.00. The summed E-state index contributed by atoms with van der Waals surface area (Å²) in [7, 11) is -3.27. The monoisotopic (exact) mass is 332 g/mol. The number of benzene rings is 1. The van der Waals surface area contributed by atoms with E-state index in [2.05, 4.69) is 11.8 Å². The summed E-state index contributed by atoms with van der Waals surface area (Å²) in [5.74, 6) is 5.08. The molecule has 0 heterocycles. The molecule has 0 unspecified atom stereocenters. The lowest BCUT2D eigenvalue weighted by Crippen LogP contribution is -2.32. The van der Waals surface area contributed by atoms with Crippen LogP contribution in [-0.4, -0.2) is 31.4 Å². The van der Waals surface area contributed by atoms with Gasteiger partial charge in [0.05, 0.1) is 16.4 Å². The van der Waals surface area contributed by atoms with Gasteiger partial charge in [0.15, 0.2) is 9.84 Å². The van der Waals surface area contributed by atoms with Gasteiger partial charge in [0.1, 0.15) is 18.2 Å². The van der Waals surface area contributed by atoms with Crippen LogP contribution in [0.15, 0.2) is 18.2 Å². The van der Waals surface area contributed by atoms with Crippen LogP contribution in [0.4, 0.5) is 4.39 Å². The van der Waals surface area contributed by atoms with Crippen LogP contribution in [0.1, 0.15) is 26.3 Å². The summed E-state index contributed by atoms with van der Waals surface area (Å²) in [4.78, 5) is 0. The van der Waals surface area contributed by atoms with Gasteiger partial charge in [-0.05, 0) is 32.9 Å². The summed E-state index contributed by atoms with van der Waals surface area (Å²) >= 11 is 5.44. The SMILES string of the molecule is CC(C)(C)S(=O)(=O)CCOc1cc(F)cc(C#CCCl)c1. The lowest BCUT2D eigenvalue weighted by Gasteiger charge is -2.19. The van der Waals surface area contributed by atoms with Crippen LogP contribution in [0.3, 0.4) is 0 Å². The second-order valence-electron chi connectivity index (χ2n) is 5.39. The van der Waals surface area contributed by atoms with Crippen LogP contribution in [-0.2, 0) is 9.84 Å². The van der Waals surface area contributed by atoms with Gasteiger partial charge in [0.2, 0.25) is 0 Å². The first kappa shape index (κ1) is 17.8. The molecule has 1 aromatic carbocycles. The molecule has 21 heavy (non-hydrogen) atoms. The van der Waals surface area contributed by atoms with Crippen LogP contribution in [0.25, 0.3) is 0 Å². The standard InChI is InChI=1S/C15H18ClFO3S/c1-15(2,3)21(18,19)8-7-20-14-10-12(5-4-6-16)9-13(17)11-14/h9-11H,6-8H2,1-3H3. The first-order valence-electron chi connectivity index (χ1n) is 6.36. The molecule has 0 N–H and O–H groups in total. The van der Waals surface area contributed by atoms with E-state index in [-0.39, 0.29) is 24.0 Å². The molecule has 0 bridgehead atoms. The van der Waals surface area contributed by atoms with Gasteiger partial charge in [-0.2, -0.15) is 0 Å². The zero-order chi connectivity index (χ0) is 16.1. The first-order valence-corrected chi connectivity index (χ1v) is 8.55. The van der Waals surface area contributed by atoms with E-state index in [0.29, 0.717) is 5.56 Å². The number of halogens is 2. The van der Waals surface area contributed by atoms with Crippen LogP contribution >= 0.6 is 11.6 Å². The van der Waals surface area contributed by atoms with E-state index in [0.717, 1.165) is 0 Å². The Morgan fingerprint density at radius 1 is 1.29 bits per heavy atom. The van der Waals surface area contributed by atoms with Gasteiger partial charge in [-0.3, -0.25) is 0 Å². The molecule has 1 rings (SSSR count). The van der Waals surface area contributed by atoms with Gasteiger partial charge in [-0.25, -0.2) is 12.8 Å². The molecule has 0 aromatic heterocycles. The average Bonchev–Trinajstić information content (AvgIpc) is 2.34. The van der Waals surface area contributed by atoms with Gasteiger partial charge in [-0.15, -0.1) is 11.6 Å². The smallest absolute Gasteiger partial charge is 0.158 e. The number of ether oxygens (including phenoxy) is 1. The van der Waals surface area contributed by atoms with Crippen LogP contribution < -0.4 is 4.74 Å². The summed E-state index contributed by atoms with van der Waals surface area (Å²) in [6.07, 6.45) is 0. The minimum Gasteiger partial charge on any atom is -0.492 e. The fourth-order valence-electron chi connectivity index (χ4n) is 1.43. The van der Waals surface area contributed by atoms with Crippen molar-refractivity contribution < 1.29 is 17.5 Å². The predicted molar refractivity (Wildman–Crippen MR) is 83.0 cm³/mol. The Kier molecular flexibility index (Phi) is 6.06. The number of hydrogen-bond donors (Lipinski definition) is 0. The molecule has 1 aromatic rings. The molecule has 3 nitrogen and oxygen atoms in total. The molecule has 0 aliphatic carbocycles. The van der Waals surface area contributed by atoms with E-state index < -0.39 is 20.4 Å². The highest BCUT2D eigenvalue weighted by Crippen LogP contribution is 2.18. The third-order valence-corrected chi connectivity index (χ3v) is 5.43. The number of hydrogen-bond acceptors (Lipinski definition) is 3. The maximum absolute atomic E-state index is 13.4. The third-order valence-electron chi connectivity index (χ3n) is 2.72. The lowest BCUT2D eigenvalue weighted by molar-refractivity contribution is 0.337. The average molecular weight is 333 g/mol. The number of sulfone groups is 1. The Morgan fingerprint density at radius 3 is 2.52 bits per heavy atom. The molecular weight excluding hydrogens is 315 g/mol. The topological polar surface area (TPSA) is 43.4 Å². The van der Waals surface area contributed by atoms with E-state index in [4.69, 9.17) is 16.3 Å². The van der Waals surface area contributed by atoms with Gasteiger partial charge in [0.25, 0.3) is 0 Å². The minimum absolute atomic E-state index is 0.0363. The van der Waals surface area contributed by atoms with Crippen molar-refractivity contribution in [2.45, 2.75) is 25.5 Å². The zero-order valence-corrected chi connectivity index (χ0v) is 13.8. The molecule has 116 valence electrons. The van der Waals surface area contributed by atoms with Gasteiger partial charge < -0.3 is 4.74 Å². The quantitative estimate of drug-likeness (QED) is 0.629. The van der Waals surface area contributed by atoms with Crippen molar-refractivity contribution in [3.05, 3.63) is 29.6 Å². The van der Waals surface area contributed by atoms with Crippen molar-refractivity contribution >= 4 is 21.4 Å². The van der Waals surface area contributed by atoms with Crippen molar-refractivity contribution in [2.24, 2.45) is 0 Å². The van der Waals surface area contributed by atoms with Crippen molar-refractivity contribution in [1.82, 2.24) is 0 Å². The van der Waals surface area contributed by atoms with Gasteiger partial charge in [-0.1, -0.05) is 11.8 Å². The van der Waals surface area contributed by atoms with Crippen molar-refractivity contribution in [3.8, 4) is 17.6 Å². The predicted octanol–water partition coefficient (Wildman–Crippen LogP) is 3.01. The van der Waals surface area contributed by atoms with E-state index in [1.54, 1.807) is 26.8 Å². The minimum atomic E-state index is -3.27. The molecule has 0 aliphatic rings. The van der Waals surface area contributed by atoms with Gasteiger partial charge >= 0.3 is 0 Å². The molecular formula is C15H18ClFO3S. The Balaban J connectivity index is 2.75. The Morgan fingerprint density at radius 2 is 1.95 bits per heavy atom. The fraction of sp³-hybridized carbons (Fsp3) is 0.467. The summed E-state index contributed by atoms with van der Waals surface area (Å²) in [5, 5.41) is 0. The van der Waals surface area contributed by atoms with Crippen LogP contribution in [0, 0.1) is 17.7 Å². The Hall–Kier alpha value is -1.25. The van der Waals surface area contributed by atoms with E-state index >= 15 is 0 Å². The van der Waals surface area contributed by atoms with E-state index in [1.165, 1.54) is 12.1 Å². The highest BCUT2D eigenvalue weighted by Gasteiger charge is 2.28. The summed E-state index contributed by atoms with van der Waals surface area (Å²) in [5.41, 5.74) is 0.435.